The molecule has 0 N–H and O–H groups in total. The number of ether oxygens (including phenoxy) is 8. The molecule has 4 aromatic carbocycles. The number of nitrogens with zero attached hydrogens (tertiary/aromatic N) is 4. The number of hydrogen-bond donors (Lipinski definition) is 0. The van der Waals surface area contributed by atoms with Gasteiger partial charge in [-0.1, -0.05) is 130 Å². The lowest BCUT2D eigenvalue weighted by molar-refractivity contribution is 0.202. The summed E-state index contributed by atoms with van der Waals surface area (Å²) in [6, 6.07) is 19.4. The highest BCUT2D eigenvalue weighted by Crippen LogP contribution is 2.57. The fourth-order valence-electron chi connectivity index (χ4n) is 12.6. The molecule has 5 aliphatic rings. The van der Waals surface area contributed by atoms with E-state index in [1.54, 1.807) is 0 Å². The van der Waals surface area contributed by atoms with Gasteiger partial charge in [0.2, 0.25) is 0 Å². The summed E-state index contributed by atoms with van der Waals surface area (Å²) in [5.74, 6) is 2.06. The van der Waals surface area contributed by atoms with E-state index < -0.39 is 23.7 Å². The highest BCUT2D eigenvalue weighted by Gasteiger charge is 2.41. The first-order valence-corrected chi connectivity index (χ1v) is 28.9. The summed E-state index contributed by atoms with van der Waals surface area (Å²) in [7, 11) is 0. The largest absolute Gasteiger partial charge is 0.488 e. The third-order valence-electron chi connectivity index (χ3n) is 16.3. The predicted octanol–water partition coefficient (Wildman–Crippen LogP) is 15.0. The van der Waals surface area contributed by atoms with E-state index in [-0.39, 0.29) is 52.9 Å². The molecule has 4 heterocycles. The molecule has 4 aliphatic heterocycles. The smallest absolute Gasteiger partial charge is 0.144 e. The summed E-state index contributed by atoms with van der Waals surface area (Å²) in [5.41, 5.74) is 7.96. The summed E-state index contributed by atoms with van der Waals surface area (Å²) in [5, 5.41) is 46.3. The third kappa shape index (κ3) is 10.8. The van der Waals surface area contributed by atoms with Crippen molar-refractivity contribution in [1.82, 2.24) is 0 Å². The van der Waals surface area contributed by atoms with Gasteiger partial charge >= 0.3 is 0 Å². The van der Waals surface area contributed by atoms with Crippen LogP contribution in [0.1, 0.15) is 247 Å². The van der Waals surface area contributed by atoms with E-state index in [0.29, 0.717) is 93.9 Å². The highest BCUT2D eigenvalue weighted by atomic mass is 16.5. The van der Waals surface area contributed by atoms with Crippen LogP contribution in [0.25, 0.3) is 0 Å². The molecule has 76 heavy (non-hydrogen) atoms. The van der Waals surface area contributed by atoms with E-state index in [1.807, 2.05) is 0 Å². The Morgan fingerprint density at radius 3 is 0.605 bits per heavy atom. The monoisotopic (exact) mass is 1030 g/mol. The number of benzene rings is 4. The normalized spacial score (nSPS) is 18.6. The van der Waals surface area contributed by atoms with Crippen LogP contribution in [0.2, 0.25) is 0 Å². The van der Waals surface area contributed by atoms with Crippen molar-refractivity contribution in [1.29, 1.82) is 21.0 Å². The highest BCUT2D eigenvalue weighted by molar-refractivity contribution is 5.73. The van der Waals surface area contributed by atoms with Crippen molar-refractivity contribution in [2.75, 3.05) is 52.9 Å². The molecule has 0 spiro atoms. The zero-order chi connectivity index (χ0) is 53.0. The van der Waals surface area contributed by atoms with Crippen LogP contribution < -0.4 is 37.9 Å². The van der Waals surface area contributed by atoms with Crippen LogP contribution in [-0.4, -0.2) is 52.9 Å². The lowest BCUT2D eigenvalue weighted by atomic mass is 9.74. The first-order chi connectivity index (χ1) is 37.5. The van der Waals surface area contributed by atoms with Crippen molar-refractivity contribution in [2.45, 2.75) is 180 Å². The van der Waals surface area contributed by atoms with E-state index >= 15 is 0 Å². The zero-order valence-electron chi connectivity index (χ0n) is 45.5. The molecule has 0 aromatic heterocycles. The minimum Gasteiger partial charge on any atom is -0.488 e. The Balaban J connectivity index is 1.50. The van der Waals surface area contributed by atoms with Crippen molar-refractivity contribution in [2.24, 2.45) is 0 Å². The van der Waals surface area contributed by atoms with Crippen molar-refractivity contribution in [3.8, 4) is 70.3 Å². The van der Waals surface area contributed by atoms with E-state index in [2.05, 4.69) is 76.2 Å². The molecule has 0 fully saturated rings. The number of nitriles is 4. The first kappa shape index (κ1) is 54.0. The fourth-order valence-corrected chi connectivity index (χ4v) is 12.6. The standard InChI is InChI=1S/C64H76N4O8/c1-5-9-13-17-21-41-45-33-47-42(22-18-14-10-6-2)49-35-51-44(24-20-16-12-8-4)52-36-50-43(23-19-15-11-7-3)48-34-46(41)58-54(38-66)60(48)72-28-30-74-62(50)56(40-68)64(52)76-32-31-75-63(51)55(39-67)61(49)73-29-27-71-59(47)53(37-65)57(45)69-25-26-70-58/h33-36,41-44H,5-32H2,1-4H3. The van der Waals surface area contributed by atoms with Gasteiger partial charge in [0.1, 0.15) is 145 Å². The number of hydrogen-bond acceptors (Lipinski definition) is 12. The maximum Gasteiger partial charge on any atom is 0.144 e. The molecular weight excluding hydrogens is 953 g/mol. The molecule has 0 amide bonds. The van der Waals surface area contributed by atoms with Crippen molar-refractivity contribution >= 4 is 0 Å². The Morgan fingerprint density at radius 1 is 0.289 bits per heavy atom. The second-order valence-electron chi connectivity index (χ2n) is 21.2. The molecule has 0 saturated carbocycles. The van der Waals surface area contributed by atoms with Gasteiger partial charge < -0.3 is 37.9 Å². The summed E-state index contributed by atoms with van der Waals surface area (Å²) in [6.07, 6.45) is 18.6. The second-order valence-corrected chi connectivity index (χ2v) is 21.2. The van der Waals surface area contributed by atoms with Gasteiger partial charge in [0.25, 0.3) is 0 Å². The Kier molecular flexibility index (Phi) is 18.4. The maximum atomic E-state index is 11.6. The van der Waals surface area contributed by atoms with Crippen LogP contribution >= 0.6 is 0 Å². The van der Waals surface area contributed by atoms with E-state index in [1.165, 1.54) is 0 Å². The molecule has 8 bridgehead atoms. The molecule has 400 valence electrons. The maximum absolute atomic E-state index is 11.6. The lowest BCUT2D eigenvalue weighted by Gasteiger charge is -2.32. The van der Waals surface area contributed by atoms with Crippen molar-refractivity contribution in [3.63, 3.8) is 0 Å². The third-order valence-corrected chi connectivity index (χ3v) is 16.3. The lowest BCUT2D eigenvalue weighted by Crippen LogP contribution is -2.16. The van der Waals surface area contributed by atoms with E-state index in [0.717, 1.165) is 147 Å². The SMILES string of the molecule is CCCCCCC1c2cc3c4c(C#N)c2OCCOc2c1cc1c(c2C#N)OCCOc2c(cc5c(c2C#N)OCCOc2c(cc(c(c2C#N)OCCO4)C3CCCCCC)C5CCCCCC)C1CCCCCC. The summed E-state index contributed by atoms with van der Waals surface area (Å²) >= 11 is 0. The number of rotatable bonds is 20. The van der Waals surface area contributed by atoms with Gasteiger partial charge in [-0.15, -0.1) is 0 Å². The minimum atomic E-state index is -0.403. The number of unbranched alkanes of at least 4 members (excludes halogenated alkanes) is 12. The summed E-state index contributed by atoms with van der Waals surface area (Å²) in [6.45, 7) is 9.73. The van der Waals surface area contributed by atoms with Crippen LogP contribution in [0, 0.1) is 45.3 Å². The summed E-state index contributed by atoms with van der Waals surface area (Å²) in [4.78, 5) is 0. The van der Waals surface area contributed by atoms with Crippen LogP contribution in [0.15, 0.2) is 24.3 Å². The Bertz CT molecular complexity index is 2380. The molecule has 12 heteroatoms. The first-order valence-electron chi connectivity index (χ1n) is 28.9. The average molecular weight is 1030 g/mol. The topological polar surface area (TPSA) is 169 Å². The average Bonchev–Trinajstić information content (AvgIpc) is 3.63. The van der Waals surface area contributed by atoms with Gasteiger partial charge in [0.15, 0.2) is 0 Å². The van der Waals surface area contributed by atoms with Crippen molar-refractivity contribution in [3.05, 3.63) is 91.0 Å². The van der Waals surface area contributed by atoms with Crippen LogP contribution in [-0.2, 0) is 0 Å². The molecule has 9 rings (SSSR count). The van der Waals surface area contributed by atoms with E-state index in [4.69, 9.17) is 37.9 Å². The van der Waals surface area contributed by atoms with Crippen LogP contribution in [0.5, 0.6) is 46.0 Å². The fraction of sp³-hybridized carbons (Fsp3) is 0.562. The Hall–Kier alpha value is -6.76. The second kappa shape index (κ2) is 25.9. The summed E-state index contributed by atoms with van der Waals surface area (Å²) < 4.78 is 54.7. The molecule has 0 unspecified atom stereocenters. The van der Waals surface area contributed by atoms with Crippen molar-refractivity contribution < 1.29 is 37.9 Å². The van der Waals surface area contributed by atoms with E-state index in [9.17, 15) is 21.0 Å². The molecule has 12 nitrogen and oxygen atoms in total. The quantitative estimate of drug-likeness (QED) is 0.0769. The molecule has 4 aromatic rings. The molecule has 0 radical (unpaired) electrons. The molecular formula is C64H76N4O8. The zero-order valence-corrected chi connectivity index (χ0v) is 45.5. The van der Waals surface area contributed by atoms with Gasteiger partial charge in [-0.25, -0.2) is 0 Å². The minimum absolute atomic E-state index is 0.111. The predicted molar refractivity (Wildman–Crippen MR) is 291 cm³/mol. The van der Waals surface area contributed by atoms with Gasteiger partial charge in [-0.3, -0.25) is 0 Å². The molecule has 1 aliphatic carbocycles. The van der Waals surface area contributed by atoms with Crippen LogP contribution in [0.4, 0.5) is 0 Å². The van der Waals surface area contributed by atoms with Gasteiger partial charge in [0.05, 0.1) is 0 Å². The van der Waals surface area contributed by atoms with Crippen LogP contribution in [0.3, 0.4) is 0 Å². The van der Waals surface area contributed by atoms with Gasteiger partial charge in [-0.05, 0) is 49.9 Å². The van der Waals surface area contributed by atoms with Gasteiger partial charge in [0, 0.05) is 68.2 Å². The molecule has 0 atom stereocenters. The molecule has 0 saturated heterocycles. The van der Waals surface area contributed by atoms with Gasteiger partial charge in [-0.2, -0.15) is 21.0 Å². The Labute approximate surface area is 451 Å². The Morgan fingerprint density at radius 2 is 0.461 bits per heavy atom.